The van der Waals surface area contributed by atoms with E-state index in [0.29, 0.717) is 13.0 Å². The Labute approximate surface area is 123 Å². The van der Waals surface area contributed by atoms with E-state index in [9.17, 15) is 8.42 Å². The monoisotopic (exact) mass is 309 g/mol. The van der Waals surface area contributed by atoms with Crippen LogP contribution in [0.1, 0.15) is 24.7 Å². The van der Waals surface area contributed by atoms with Crippen molar-refractivity contribution in [2.24, 2.45) is 0 Å². The molecule has 0 aliphatic carbocycles. The fourth-order valence-electron chi connectivity index (χ4n) is 2.69. The van der Waals surface area contributed by atoms with E-state index >= 15 is 0 Å². The van der Waals surface area contributed by atoms with Crippen LogP contribution in [-0.4, -0.2) is 35.7 Å². The number of nitrogens with zero attached hydrogens (tertiary/aromatic N) is 1. The number of H-pyrrole nitrogens is 1. The van der Waals surface area contributed by atoms with Crippen LogP contribution >= 0.6 is 0 Å². The third-order valence-electron chi connectivity index (χ3n) is 3.91. The van der Waals surface area contributed by atoms with Crippen molar-refractivity contribution in [2.75, 3.05) is 11.5 Å². The van der Waals surface area contributed by atoms with Crippen LogP contribution in [0.5, 0.6) is 0 Å². The minimum absolute atomic E-state index is 0.188. The Bertz CT molecular complexity index is 747. The number of hydrogen-bond acceptors (Lipinski definition) is 5. The van der Waals surface area contributed by atoms with Crippen LogP contribution in [0.25, 0.3) is 11.5 Å². The van der Waals surface area contributed by atoms with E-state index in [0.717, 1.165) is 22.8 Å². The fraction of sp³-hybridized carbons (Fsp3) is 0.500. The van der Waals surface area contributed by atoms with Gasteiger partial charge in [0.1, 0.15) is 11.5 Å². The molecule has 0 saturated carbocycles. The smallest absolute Gasteiger partial charge is 0.152 e. The van der Waals surface area contributed by atoms with Gasteiger partial charge in [-0.1, -0.05) is 0 Å². The van der Waals surface area contributed by atoms with E-state index in [1.807, 2.05) is 26.0 Å². The van der Waals surface area contributed by atoms with E-state index in [-0.39, 0.29) is 17.0 Å². The van der Waals surface area contributed by atoms with Crippen molar-refractivity contribution < 1.29 is 12.8 Å². The van der Waals surface area contributed by atoms with Gasteiger partial charge in [0, 0.05) is 17.6 Å². The summed E-state index contributed by atoms with van der Waals surface area (Å²) in [7, 11) is -2.91. The molecule has 1 aliphatic heterocycles. The Morgan fingerprint density at radius 2 is 2.29 bits per heavy atom. The summed E-state index contributed by atoms with van der Waals surface area (Å²) in [4.78, 5) is 0. The predicted octanol–water partition coefficient (Wildman–Crippen LogP) is 1.64. The molecular weight excluding hydrogens is 290 g/mol. The topological polar surface area (TPSA) is 88.0 Å². The minimum atomic E-state index is -2.91. The Balaban J connectivity index is 1.74. The molecule has 0 amide bonds. The SMILES string of the molecule is Cc1ccc(-c2[nH]ncc2CNC2(C)CCS(=O)(=O)C2)o1. The first kappa shape index (κ1) is 14.3. The summed E-state index contributed by atoms with van der Waals surface area (Å²) >= 11 is 0. The number of furan rings is 1. The fourth-order valence-corrected chi connectivity index (χ4v) is 4.81. The van der Waals surface area contributed by atoms with Gasteiger partial charge in [-0.3, -0.25) is 5.10 Å². The van der Waals surface area contributed by atoms with Crippen LogP contribution in [0.15, 0.2) is 22.7 Å². The van der Waals surface area contributed by atoms with E-state index in [1.165, 1.54) is 0 Å². The highest BCUT2D eigenvalue weighted by molar-refractivity contribution is 7.91. The quantitative estimate of drug-likeness (QED) is 0.896. The average molecular weight is 309 g/mol. The summed E-state index contributed by atoms with van der Waals surface area (Å²) in [5.74, 6) is 2.03. The molecule has 3 rings (SSSR count). The number of aromatic nitrogens is 2. The molecule has 0 spiro atoms. The number of aromatic amines is 1. The second-order valence-corrected chi connectivity index (χ2v) is 8.12. The standard InChI is InChI=1S/C14H19N3O3S/c1-10-3-4-12(20-10)13-11(8-16-17-13)7-15-14(2)5-6-21(18,19)9-14/h3-4,8,15H,5-7,9H2,1-2H3,(H,16,17). The summed E-state index contributed by atoms with van der Waals surface area (Å²) in [6, 6.07) is 3.80. The zero-order valence-electron chi connectivity index (χ0n) is 12.1. The molecule has 0 aromatic carbocycles. The summed E-state index contributed by atoms with van der Waals surface area (Å²) in [5.41, 5.74) is 1.43. The first-order valence-electron chi connectivity index (χ1n) is 6.91. The molecule has 1 aliphatic rings. The largest absolute Gasteiger partial charge is 0.460 e. The molecule has 2 N–H and O–H groups in total. The van der Waals surface area contributed by atoms with Gasteiger partial charge in [0.15, 0.2) is 15.6 Å². The summed E-state index contributed by atoms with van der Waals surface area (Å²) < 4.78 is 28.9. The zero-order valence-corrected chi connectivity index (χ0v) is 13.0. The first-order valence-corrected chi connectivity index (χ1v) is 8.74. The van der Waals surface area contributed by atoms with Gasteiger partial charge >= 0.3 is 0 Å². The maximum Gasteiger partial charge on any atom is 0.152 e. The Morgan fingerprint density at radius 1 is 1.48 bits per heavy atom. The highest BCUT2D eigenvalue weighted by Crippen LogP contribution is 2.26. The van der Waals surface area contributed by atoms with Crippen molar-refractivity contribution in [3.63, 3.8) is 0 Å². The Morgan fingerprint density at radius 3 is 2.90 bits per heavy atom. The average Bonchev–Trinajstić information content (AvgIpc) is 3.07. The van der Waals surface area contributed by atoms with Crippen molar-refractivity contribution in [1.29, 1.82) is 0 Å². The number of nitrogens with one attached hydrogen (secondary N) is 2. The molecule has 1 atom stereocenters. The van der Waals surface area contributed by atoms with Crippen LogP contribution in [-0.2, 0) is 16.4 Å². The van der Waals surface area contributed by atoms with Gasteiger partial charge in [-0.25, -0.2) is 8.42 Å². The molecule has 0 radical (unpaired) electrons. The van der Waals surface area contributed by atoms with Crippen molar-refractivity contribution in [2.45, 2.75) is 32.4 Å². The zero-order chi connectivity index (χ0) is 15.1. The van der Waals surface area contributed by atoms with Crippen LogP contribution in [0.3, 0.4) is 0 Å². The Hall–Kier alpha value is -1.60. The number of hydrogen-bond donors (Lipinski definition) is 2. The van der Waals surface area contributed by atoms with Gasteiger partial charge in [-0.2, -0.15) is 5.10 Å². The van der Waals surface area contributed by atoms with Crippen molar-refractivity contribution >= 4 is 9.84 Å². The number of aryl methyl sites for hydroxylation is 1. The second-order valence-electron chi connectivity index (χ2n) is 5.94. The summed E-state index contributed by atoms with van der Waals surface area (Å²) in [6.07, 6.45) is 2.38. The maximum absolute atomic E-state index is 11.6. The van der Waals surface area contributed by atoms with E-state index in [2.05, 4.69) is 15.5 Å². The highest BCUT2D eigenvalue weighted by atomic mass is 32.2. The molecule has 2 aromatic rings. The third kappa shape index (κ3) is 3.03. The third-order valence-corrected chi connectivity index (χ3v) is 5.82. The van der Waals surface area contributed by atoms with Gasteiger partial charge < -0.3 is 9.73 Å². The van der Waals surface area contributed by atoms with Gasteiger partial charge in [0.25, 0.3) is 0 Å². The molecule has 1 saturated heterocycles. The van der Waals surface area contributed by atoms with Crippen molar-refractivity contribution in [3.8, 4) is 11.5 Å². The van der Waals surface area contributed by atoms with Crippen molar-refractivity contribution in [1.82, 2.24) is 15.5 Å². The molecule has 114 valence electrons. The van der Waals surface area contributed by atoms with Crippen LogP contribution in [0.4, 0.5) is 0 Å². The lowest BCUT2D eigenvalue weighted by Gasteiger charge is -2.23. The van der Waals surface area contributed by atoms with Crippen molar-refractivity contribution in [3.05, 3.63) is 29.7 Å². The van der Waals surface area contributed by atoms with Crippen LogP contribution < -0.4 is 5.32 Å². The van der Waals surface area contributed by atoms with E-state index in [1.54, 1.807) is 6.20 Å². The molecule has 1 unspecified atom stereocenters. The molecule has 6 nitrogen and oxygen atoms in total. The van der Waals surface area contributed by atoms with Gasteiger partial charge in [-0.05, 0) is 32.4 Å². The summed E-state index contributed by atoms with van der Waals surface area (Å²) in [5, 5.41) is 10.4. The Kier molecular flexibility index (Phi) is 3.41. The summed E-state index contributed by atoms with van der Waals surface area (Å²) in [6.45, 7) is 4.40. The highest BCUT2D eigenvalue weighted by Gasteiger charge is 2.37. The molecule has 1 fully saturated rings. The lowest BCUT2D eigenvalue weighted by atomic mass is 10.0. The van der Waals surface area contributed by atoms with Crippen LogP contribution in [0, 0.1) is 6.92 Å². The normalized spacial score (nSPS) is 24.5. The van der Waals surface area contributed by atoms with Gasteiger partial charge in [-0.15, -0.1) is 0 Å². The second kappa shape index (κ2) is 4.99. The number of rotatable bonds is 4. The molecule has 3 heterocycles. The molecule has 21 heavy (non-hydrogen) atoms. The lowest BCUT2D eigenvalue weighted by Crippen LogP contribution is -2.42. The molecular formula is C14H19N3O3S. The molecule has 2 aromatic heterocycles. The van der Waals surface area contributed by atoms with Crippen LogP contribution in [0.2, 0.25) is 0 Å². The minimum Gasteiger partial charge on any atom is -0.460 e. The van der Waals surface area contributed by atoms with Gasteiger partial charge in [0.2, 0.25) is 0 Å². The van der Waals surface area contributed by atoms with E-state index in [4.69, 9.17) is 4.42 Å². The first-order chi connectivity index (χ1) is 9.87. The van der Waals surface area contributed by atoms with Gasteiger partial charge in [0.05, 0.1) is 17.7 Å². The number of sulfone groups is 1. The molecule has 7 heteroatoms. The van der Waals surface area contributed by atoms with E-state index < -0.39 is 9.84 Å². The molecule has 0 bridgehead atoms. The maximum atomic E-state index is 11.6. The predicted molar refractivity (Wildman–Crippen MR) is 79.5 cm³/mol. The lowest BCUT2D eigenvalue weighted by molar-refractivity contribution is 0.395.